The van der Waals surface area contributed by atoms with Gasteiger partial charge in [-0.15, -0.1) is 11.3 Å². The van der Waals surface area contributed by atoms with Gasteiger partial charge in [0.1, 0.15) is 0 Å². The minimum absolute atomic E-state index is 0.00425. The van der Waals surface area contributed by atoms with E-state index in [4.69, 9.17) is 11.6 Å². The molecule has 7 heteroatoms. The summed E-state index contributed by atoms with van der Waals surface area (Å²) in [5.74, 6) is 1.01. The summed E-state index contributed by atoms with van der Waals surface area (Å²) < 4.78 is 0. The third-order valence-corrected chi connectivity index (χ3v) is 4.42. The van der Waals surface area contributed by atoms with Gasteiger partial charge in [0.05, 0.1) is 0 Å². The standard InChI is InChI=1S/C14H20ClN5S/c1-4-7-16-12-18-11(15)19-13(20-12)17-9-14(2,3)10-6-5-8-21-10/h5-6,8H,4,7,9H2,1-3H3,(H2,16,17,18,19,20). The molecule has 0 atom stereocenters. The molecular formula is C14H20ClN5S. The number of nitrogens with zero attached hydrogens (tertiary/aromatic N) is 3. The van der Waals surface area contributed by atoms with E-state index in [1.54, 1.807) is 11.3 Å². The molecule has 2 rings (SSSR count). The Kier molecular flexibility index (Phi) is 5.36. The van der Waals surface area contributed by atoms with Crippen LogP contribution < -0.4 is 10.6 Å². The lowest BCUT2D eigenvalue weighted by atomic mass is 9.91. The Morgan fingerprint density at radius 2 is 1.90 bits per heavy atom. The minimum atomic E-state index is 0.00425. The number of hydrogen-bond acceptors (Lipinski definition) is 6. The van der Waals surface area contributed by atoms with Crippen molar-refractivity contribution in [3.8, 4) is 0 Å². The Morgan fingerprint density at radius 1 is 1.19 bits per heavy atom. The van der Waals surface area contributed by atoms with Crippen molar-refractivity contribution in [1.29, 1.82) is 0 Å². The van der Waals surface area contributed by atoms with Crippen molar-refractivity contribution in [1.82, 2.24) is 15.0 Å². The summed E-state index contributed by atoms with van der Waals surface area (Å²) in [7, 11) is 0. The first kappa shape index (κ1) is 16.0. The quantitative estimate of drug-likeness (QED) is 0.810. The molecule has 0 amide bonds. The van der Waals surface area contributed by atoms with Crippen LogP contribution in [0.5, 0.6) is 0 Å². The van der Waals surface area contributed by atoms with Gasteiger partial charge in [-0.3, -0.25) is 0 Å². The highest BCUT2D eigenvalue weighted by Gasteiger charge is 2.22. The molecule has 114 valence electrons. The monoisotopic (exact) mass is 325 g/mol. The Labute approximate surface area is 134 Å². The van der Waals surface area contributed by atoms with E-state index in [0.717, 1.165) is 19.5 Å². The second-order valence-electron chi connectivity index (χ2n) is 5.39. The Balaban J connectivity index is 2.04. The molecular weight excluding hydrogens is 306 g/mol. The summed E-state index contributed by atoms with van der Waals surface area (Å²) in [6.45, 7) is 7.98. The summed E-state index contributed by atoms with van der Waals surface area (Å²) in [5.41, 5.74) is 0.00425. The molecule has 21 heavy (non-hydrogen) atoms. The predicted molar refractivity (Wildman–Crippen MR) is 89.5 cm³/mol. The molecule has 0 saturated heterocycles. The van der Waals surface area contributed by atoms with E-state index >= 15 is 0 Å². The van der Waals surface area contributed by atoms with Crippen LogP contribution in [0.4, 0.5) is 11.9 Å². The number of thiophene rings is 1. The van der Waals surface area contributed by atoms with Gasteiger partial charge >= 0.3 is 0 Å². The van der Waals surface area contributed by atoms with Gasteiger partial charge in [0, 0.05) is 23.4 Å². The molecule has 5 nitrogen and oxygen atoms in total. The summed E-state index contributed by atoms with van der Waals surface area (Å²) in [6.07, 6.45) is 0.997. The number of aromatic nitrogens is 3. The van der Waals surface area contributed by atoms with Gasteiger partial charge in [-0.05, 0) is 29.5 Å². The van der Waals surface area contributed by atoms with Crippen LogP contribution >= 0.6 is 22.9 Å². The highest BCUT2D eigenvalue weighted by Crippen LogP contribution is 2.27. The Hall–Kier alpha value is -1.40. The molecule has 0 aliphatic rings. The summed E-state index contributed by atoms with van der Waals surface area (Å²) in [5, 5.41) is 8.65. The lowest BCUT2D eigenvalue weighted by Gasteiger charge is -2.23. The lowest BCUT2D eigenvalue weighted by Crippen LogP contribution is -2.27. The van der Waals surface area contributed by atoms with E-state index in [1.807, 2.05) is 0 Å². The van der Waals surface area contributed by atoms with Crippen LogP contribution in [-0.4, -0.2) is 28.0 Å². The first-order valence-corrected chi connectivity index (χ1v) is 8.20. The average Bonchev–Trinajstić information content (AvgIpc) is 2.97. The van der Waals surface area contributed by atoms with E-state index < -0.39 is 0 Å². The van der Waals surface area contributed by atoms with Crippen LogP contribution in [0.1, 0.15) is 32.1 Å². The molecule has 0 fully saturated rings. The van der Waals surface area contributed by atoms with Gasteiger partial charge in [-0.2, -0.15) is 15.0 Å². The number of rotatable bonds is 7. The van der Waals surface area contributed by atoms with Crippen LogP contribution in [0.3, 0.4) is 0 Å². The first-order valence-electron chi connectivity index (χ1n) is 6.94. The maximum Gasteiger partial charge on any atom is 0.228 e. The van der Waals surface area contributed by atoms with Crippen molar-refractivity contribution in [3.05, 3.63) is 27.7 Å². The second kappa shape index (κ2) is 7.04. The third kappa shape index (κ3) is 4.54. The summed E-state index contributed by atoms with van der Waals surface area (Å²) >= 11 is 7.69. The van der Waals surface area contributed by atoms with E-state index in [1.165, 1.54) is 4.88 Å². The van der Waals surface area contributed by atoms with Gasteiger partial charge in [-0.1, -0.05) is 26.8 Å². The number of anilines is 2. The zero-order valence-corrected chi connectivity index (χ0v) is 14.1. The molecule has 0 aliphatic carbocycles. The topological polar surface area (TPSA) is 62.7 Å². The van der Waals surface area contributed by atoms with Crippen LogP contribution in [0, 0.1) is 0 Å². The minimum Gasteiger partial charge on any atom is -0.354 e. The van der Waals surface area contributed by atoms with Gasteiger partial charge < -0.3 is 10.6 Å². The van der Waals surface area contributed by atoms with Crippen LogP contribution in [0.25, 0.3) is 0 Å². The van der Waals surface area contributed by atoms with Crippen LogP contribution in [-0.2, 0) is 5.41 Å². The highest BCUT2D eigenvalue weighted by molar-refractivity contribution is 7.10. The van der Waals surface area contributed by atoms with Crippen LogP contribution in [0.2, 0.25) is 5.28 Å². The SMILES string of the molecule is CCCNc1nc(Cl)nc(NCC(C)(C)c2cccs2)n1. The van der Waals surface area contributed by atoms with Crippen molar-refractivity contribution >= 4 is 34.8 Å². The first-order chi connectivity index (χ1) is 10.0. The molecule has 2 heterocycles. The normalized spacial score (nSPS) is 11.4. The fourth-order valence-corrected chi connectivity index (χ4v) is 2.81. The molecule has 2 N–H and O–H groups in total. The number of halogens is 1. The Bertz CT molecular complexity index is 571. The summed E-state index contributed by atoms with van der Waals surface area (Å²) in [4.78, 5) is 13.8. The molecule has 0 saturated carbocycles. The van der Waals surface area contributed by atoms with Crippen LogP contribution in [0.15, 0.2) is 17.5 Å². The van der Waals surface area contributed by atoms with Crippen molar-refractivity contribution in [2.45, 2.75) is 32.6 Å². The molecule has 0 bridgehead atoms. The molecule has 0 aliphatic heterocycles. The van der Waals surface area contributed by atoms with Crippen molar-refractivity contribution in [2.75, 3.05) is 23.7 Å². The summed E-state index contributed by atoms with van der Waals surface area (Å²) in [6, 6.07) is 4.20. The lowest BCUT2D eigenvalue weighted by molar-refractivity contribution is 0.567. The van der Waals surface area contributed by atoms with E-state index in [9.17, 15) is 0 Å². The van der Waals surface area contributed by atoms with Crippen molar-refractivity contribution < 1.29 is 0 Å². The van der Waals surface area contributed by atoms with E-state index in [2.05, 4.69) is 63.9 Å². The third-order valence-electron chi connectivity index (χ3n) is 3.02. The molecule has 0 radical (unpaired) electrons. The fraction of sp³-hybridized carbons (Fsp3) is 0.500. The second-order valence-corrected chi connectivity index (χ2v) is 6.68. The Morgan fingerprint density at radius 3 is 2.52 bits per heavy atom. The number of nitrogens with one attached hydrogen (secondary N) is 2. The predicted octanol–water partition coefficient (Wildman–Crippen LogP) is 3.80. The smallest absolute Gasteiger partial charge is 0.228 e. The van der Waals surface area contributed by atoms with Gasteiger partial charge in [0.25, 0.3) is 0 Å². The molecule has 0 spiro atoms. The maximum atomic E-state index is 5.94. The van der Waals surface area contributed by atoms with E-state index in [0.29, 0.717) is 11.9 Å². The zero-order valence-electron chi connectivity index (χ0n) is 12.5. The number of hydrogen-bond donors (Lipinski definition) is 2. The largest absolute Gasteiger partial charge is 0.354 e. The van der Waals surface area contributed by atoms with Gasteiger partial charge in [0.15, 0.2) is 0 Å². The van der Waals surface area contributed by atoms with Gasteiger partial charge in [0.2, 0.25) is 17.2 Å². The fourth-order valence-electron chi connectivity index (χ4n) is 1.80. The average molecular weight is 326 g/mol. The molecule has 2 aromatic heterocycles. The zero-order chi connectivity index (χ0) is 15.3. The maximum absolute atomic E-state index is 5.94. The molecule has 0 aromatic carbocycles. The molecule has 2 aromatic rings. The van der Waals surface area contributed by atoms with Crippen molar-refractivity contribution in [2.24, 2.45) is 0 Å². The highest BCUT2D eigenvalue weighted by atomic mass is 35.5. The molecule has 0 unspecified atom stereocenters. The van der Waals surface area contributed by atoms with Gasteiger partial charge in [-0.25, -0.2) is 0 Å². The van der Waals surface area contributed by atoms with E-state index in [-0.39, 0.29) is 10.7 Å². The van der Waals surface area contributed by atoms with Crippen molar-refractivity contribution in [3.63, 3.8) is 0 Å².